The van der Waals surface area contributed by atoms with Gasteiger partial charge in [0.1, 0.15) is 17.1 Å². The van der Waals surface area contributed by atoms with E-state index >= 15 is 0 Å². The third-order valence-electron chi connectivity index (χ3n) is 2.82. The van der Waals surface area contributed by atoms with Crippen molar-refractivity contribution in [2.24, 2.45) is 0 Å². The molecule has 1 heterocycles. The lowest BCUT2D eigenvalue weighted by Gasteiger charge is -2.25. The van der Waals surface area contributed by atoms with Crippen LogP contribution in [0.4, 0.5) is 0 Å². The van der Waals surface area contributed by atoms with Crippen LogP contribution in [0.15, 0.2) is 36.1 Å². The molecule has 0 aliphatic carbocycles. The molecule has 2 rings (SSSR count). The highest BCUT2D eigenvalue weighted by molar-refractivity contribution is 5.36. The summed E-state index contributed by atoms with van der Waals surface area (Å²) < 4.78 is 10.6. The summed E-state index contributed by atoms with van der Waals surface area (Å²) in [5, 5.41) is 10.5. The molecule has 1 aliphatic heterocycles. The van der Waals surface area contributed by atoms with E-state index in [1.807, 2.05) is 30.3 Å². The van der Waals surface area contributed by atoms with Gasteiger partial charge < -0.3 is 14.6 Å². The molecule has 0 aromatic heterocycles. The van der Waals surface area contributed by atoms with Crippen molar-refractivity contribution in [2.75, 3.05) is 13.7 Å². The topological polar surface area (TPSA) is 38.7 Å². The largest absolute Gasteiger partial charge is 0.497 e. The Morgan fingerprint density at radius 3 is 2.88 bits per heavy atom. The smallest absolute Gasteiger partial charge is 0.143 e. The van der Waals surface area contributed by atoms with E-state index in [1.165, 1.54) is 0 Å². The molecule has 1 aliphatic rings. The lowest BCUT2D eigenvalue weighted by Crippen LogP contribution is -2.24. The zero-order valence-electron chi connectivity index (χ0n) is 9.56. The molecule has 16 heavy (non-hydrogen) atoms. The van der Waals surface area contributed by atoms with Gasteiger partial charge in [-0.05, 0) is 30.7 Å². The van der Waals surface area contributed by atoms with Crippen LogP contribution in [0.5, 0.6) is 5.75 Å². The maximum Gasteiger partial charge on any atom is 0.143 e. The second-order valence-electron chi connectivity index (χ2n) is 4.01. The van der Waals surface area contributed by atoms with Crippen molar-refractivity contribution >= 4 is 0 Å². The zero-order valence-corrected chi connectivity index (χ0v) is 9.56. The third-order valence-corrected chi connectivity index (χ3v) is 2.82. The number of benzene rings is 1. The number of rotatable bonds is 3. The van der Waals surface area contributed by atoms with E-state index in [4.69, 9.17) is 9.47 Å². The Labute approximate surface area is 95.3 Å². The Bertz CT molecular complexity index is 407. The first-order valence-electron chi connectivity index (χ1n) is 5.35. The molecular weight excluding hydrogens is 204 g/mol. The van der Waals surface area contributed by atoms with E-state index in [9.17, 15) is 5.11 Å². The molecule has 0 saturated heterocycles. The van der Waals surface area contributed by atoms with Crippen molar-refractivity contribution in [3.63, 3.8) is 0 Å². The first kappa shape index (κ1) is 11.0. The van der Waals surface area contributed by atoms with Crippen molar-refractivity contribution in [3.05, 3.63) is 41.7 Å². The summed E-state index contributed by atoms with van der Waals surface area (Å²) in [4.78, 5) is 0. The Kier molecular flexibility index (Phi) is 2.88. The van der Waals surface area contributed by atoms with Crippen LogP contribution in [-0.2, 0) is 10.3 Å². The van der Waals surface area contributed by atoms with Gasteiger partial charge in [-0.2, -0.15) is 0 Å². The summed E-state index contributed by atoms with van der Waals surface area (Å²) in [6.07, 6.45) is 2.79. The van der Waals surface area contributed by atoms with Crippen LogP contribution in [-0.4, -0.2) is 18.8 Å². The highest BCUT2D eigenvalue weighted by atomic mass is 16.5. The highest BCUT2D eigenvalue weighted by Crippen LogP contribution is 2.33. The maximum atomic E-state index is 10.5. The lowest BCUT2D eigenvalue weighted by molar-refractivity contribution is 0.0316. The average molecular weight is 220 g/mol. The molecule has 86 valence electrons. The summed E-state index contributed by atoms with van der Waals surface area (Å²) in [7, 11) is 1.61. The van der Waals surface area contributed by atoms with Crippen LogP contribution in [0.25, 0.3) is 0 Å². The Morgan fingerprint density at radius 2 is 2.25 bits per heavy atom. The first-order valence-corrected chi connectivity index (χ1v) is 5.35. The summed E-state index contributed by atoms with van der Waals surface area (Å²) in [6.45, 7) is 2.38. The van der Waals surface area contributed by atoms with E-state index in [0.29, 0.717) is 12.4 Å². The molecule has 0 fully saturated rings. The van der Waals surface area contributed by atoms with E-state index in [-0.39, 0.29) is 0 Å². The highest BCUT2D eigenvalue weighted by Gasteiger charge is 2.31. The number of ether oxygens (including phenoxy) is 2. The molecule has 1 unspecified atom stereocenters. The van der Waals surface area contributed by atoms with Crippen molar-refractivity contribution in [3.8, 4) is 5.75 Å². The van der Waals surface area contributed by atoms with E-state index in [2.05, 4.69) is 0 Å². The fraction of sp³-hybridized carbons (Fsp3) is 0.385. The van der Waals surface area contributed by atoms with Gasteiger partial charge in [-0.25, -0.2) is 0 Å². The average Bonchev–Trinajstić information content (AvgIpc) is 2.83. The van der Waals surface area contributed by atoms with Gasteiger partial charge in [-0.3, -0.25) is 0 Å². The van der Waals surface area contributed by atoms with Gasteiger partial charge >= 0.3 is 0 Å². The van der Waals surface area contributed by atoms with Crippen LogP contribution in [0.2, 0.25) is 0 Å². The normalized spacial score (nSPS) is 18.6. The zero-order chi connectivity index (χ0) is 11.6. The Hall–Kier alpha value is -1.48. The standard InChI is InChI=1S/C13H16O3/c1-13(14,12-7-4-8-16-12)10-5-3-6-11(9-10)15-2/h3,5-7,9,14H,4,8H2,1-2H3. The van der Waals surface area contributed by atoms with Gasteiger partial charge in [-0.15, -0.1) is 0 Å². The SMILES string of the molecule is COc1cccc(C(C)(O)C2=CCCO2)c1. The van der Waals surface area contributed by atoms with Gasteiger partial charge in [0.15, 0.2) is 0 Å². The van der Waals surface area contributed by atoms with Crippen molar-refractivity contribution in [1.29, 1.82) is 0 Å². The summed E-state index contributed by atoms with van der Waals surface area (Å²) in [5.41, 5.74) is -0.301. The number of methoxy groups -OCH3 is 1. The van der Waals surface area contributed by atoms with Gasteiger partial charge in [0, 0.05) is 6.42 Å². The van der Waals surface area contributed by atoms with Gasteiger partial charge in [0.05, 0.1) is 13.7 Å². The summed E-state index contributed by atoms with van der Waals surface area (Å²) in [5.74, 6) is 1.36. The van der Waals surface area contributed by atoms with Crippen LogP contribution >= 0.6 is 0 Å². The monoisotopic (exact) mass is 220 g/mol. The minimum atomic E-state index is -1.08. The predicted octanol–water partition coefficient (Wildman–Crippen LogP) is 2.21. The molecule has 0 saturated carbocycles. The molecule has 0 spiro atoms. The number of hydrogen-bond donors (Lipinski definition) is 1. The molecule has 0 bridgehead atoms. The van der Waals surface area contributed by atoms with Crippen molar-refractivity contribution in [1.82, 2.24) is 0 Å². The molecule has 1 N–H and O–H groups in total. The minimum absolute atomic E-state index is 0.626. The van der Waals surface area contributed by atoms with Gasteiger partial charge in [0.2, 0.25) is 0 Å². The minimum Gasteiger partial charge on any atom is -0.497 e. The third kappa shape index (κ3) is 1.91. The van der Waals surface area contributed by atoms with Crippen LogP contribution in [0, 0.1) is 0 Å². The van der Waals surface area contributed by atoms with Crippen LogP contribution in [0.3, 0.4) is 0 Å². The predicted molar refractivity (Wildman–Crippen MR) is 61.2 cm³/mol. The fourth-order valence-electron chi connectivity index (χ4n) is 1.83. The van der Waals surface area contributed by atoms with E-state index in [1.54, 1.807) is 14.0 Å². The Balaban J connectivity index is 2.34. The van der Waals surface area contributed by atoms with Crippen LogP contribution in [0.1, 0.15) is 18.9 Å². The van der Waals surface area contributed by atoms with Crippen LogP contribution < -0.4 is 4.74 Å². The van der Waals surface area contributed by atoms with Gasteiger partial charge in [-0.1, -0.05) is 12.1 Å². The summed E-state index contributed by atoms with van der Waals surface area (Å²) in [6, 6.07) is 7.40. The fourth-order valence-corrected chi connectivity index (χ4v) is 1.83. The van der Waals surface area contributed by atoms with Crippen molar-refractivity contribution in [2.45, 2.75) is 18.9 Å². The Morgan fingerprint density at radius 1 is 1.44 bits per heavy atom. The molecule has 0 radical (unpaired) electrons. The lowest BCUT2D eigenvalue weighted by atomic mass is 9.93. The quantitative estimate of drug-likeness (QED) is 0.848. The molecule has 3 heteroatoms. The maximum absolute atomic E-state index is 10.5. The van der Waals surface area contributed by atoms with E-state index < -0.39 is 5.60 Å². The van der Waals surface area contributed by atoms with Gasteiger partial charge in [0.25, 0.3) is 0 Å². The molecular formula is C13H16O3. The molecule has 3 nitrogen and oxygen atoms in total. The first-order chi connectivity index (χ1) is 7.64. The molecule has 0 amide bonds. The van der Waals surface area contributed by atoms with Crippen molar-refractivity contribution < 1.29 is 14.6 Å². The number of hydrogen-bond acceptors (Lipinski definition) is 3. The van der Waals surface area contributed by atoms with E-state index in [0.717, 1.165) is 17.7 Å². The molecule has 1 aromatic carbocycles. The molecule has 1 atom stereocenters. The summed E-state index contributed by atoms with van der Waals surface area (Å²) >= 11 is 0. The second-order valence-corrected chi connectivity index (χ2v) is 4.01. The molecule has 1 aromatic rings. The number of aliphatic hydroxyl groups is 1. The second kappa shape index (κ2) is 4.18.